The molecule has 26 heavy (non-hydrogen) atoms. The summed E-state index contributed by atoms with van der Waals surface area (Å²) < 4.78 is 12.9. The molecule has 3 rings (SSSR count). The van der Waals surface area contributed by atoms with Gasteiger partial charge in [-0.2, -0.15) is 0 Å². The van der Waals surface area contributed by atoms with Crippen molar-refractivity contribution in [1.82, 2.24) is 9.55 Å². The number of methoxy groups -OCH3 is 2. The Balaban J connectivity index is 2.16. The average molecular weight is 370 g/mol. The van der Waals surface area contributed by atoms with Crippen LogP contribution in [0.3, 0.4) is 0 Å². The van der Waals surface area contributed by atoms with Gasteiger partial charge in [0.05, 0.1) is 25.6 Å². The third-order valence-corrected chi connectivity index (χ3v) is 5.06. The second kappa shape index (κ2) is 6.96. The highest BCUT2D eigenvalue weighted by molar-refractivity contribution is 7.12. The van der Waals surface area contributed by atoms with Crippen LogP contribution >= 0.6 is 11.3 Å². The lowest BCUT2D eigenvalue weighted by atomic mass is 9.85. The molecule has 0 aliphatic carbocycles. The fraction of sp³-hybridized carbons (Fsp3) is 0.300. The summed E-state index contributed by atoms with van der Waals surface area (Å²) in [5.41, 5.74) is 3.32. The van der Waals surface area contributed by atoms with Gasteiger partial charge in [-0.25, -0.2) is 4.98 Å². The van der Waals surface area contributed by atoms with Gasteiger partial charge in [0.25, 0.3) is 0 Å². The molecule has 0 amide bonds. The van der Waals surface area contributed by atoms with Crippen LogP contribution in [0.5, 0.6) is 11.5 Å². The smallest absolute Gasteiger partial charge is 0.194 e. The Hall–Kier alpha value is -2.60. The molecule has 0 spiro atoms. The lowest BCUT2D eigenvalue weighted by Gasteiger charge is -2.22. The normalized spacial score (nSPS) is 11.4. The predicted molar refractivity (Wildman–Crippen MR) is 104 cm³/mol. The summed E-state index contributed by atoms with van der Waals surface area (Å²) in [6.07, 6.45) is 2.65. The van der Waals surface area contributed by atoms with E-state index in [1.54, 1.807) is 24.9 Å². The minimum absolute atomic E-state index is 0.0434. The minimum Gasteiger partial charge on any atom is -0.493 e. The van der Waals surface area contributed by atoms with Gasteiger partial charge >= 0.3 is 0 Å². The summed E-state index contributed by atoms with van der Waals surface area (Å²) in [5.74, 6) is 1.33. The summed E-state index contributed by atoms with van der Waals surface area (Å²) in [4.78, 5) is 15.9. The second-order valence-electron chi connectivity index (χ2n) is 6.95. The highest BCUT2D eigenvalue weighted by Gasteiger charge is 2.22. The molecule has 136 valence electrons. The van der Waals surface area contributed by atoms with Crippen LogP contribution in [0, 0.1) is 0 Å². The maximum absolute atomic E-state index is 11.2. The third-order valence-electron chi connectivity index (χ3n) is 4.22. The molecular formula is C20H22N2O3S. The Kier molecular flexibility index (Phi) is 4.87. The van der Waals surface area contributed by atoms with Gasteiger partial charge in [-0.1, -0.05) is 20.8 Å². The minimum atomic E-state index is -0.0434. The van der Waals surface area contributed by atoms with Crippen LogP contribution in [0.2, 0.25) is 0 Å². The van der Waals surface area contributed by atoms with Crippen molar-refractivity contribution in [3.8, 4) is 27.9 Å². The molecule has 0 aliphatic heterocycles. The molecule has 2 aromatic heterocycles. The molecular weight excluding hydrogens is 348 g/mol. The molecule has 0 radical (unpaired) electrons. The van der Waals surface area contributed by atoms with Crippen molar-refractivity contribution in [2.24, 2.45) is 0 Å². The summed E-state index contributed by atoms with van der Waals surface area (Å²) in [7, 11) is 3.26. The van der Waals surface area contributed by atoms with Crippen molar-refractivity contribution in [3.05, 3.63) is 47.1 Å². The molecule has 3 aromatic rings. The van der Waals surface area contributed by atoms with Crippen molar-refractivity contribution < 1.29 is 14.3 Å². The van der Waals surface area contributed by atoms with Crippen molar-refractivity contribution >= 4 is 17.6 Å². The number of carbonyl (C=O) groups excluding carboxylic acids is 1. The number of hydrogen-bond acceptors (Lipinski definition) is 5. The quantitative estimate of drug-likeness (QED) is 0.609. The Morgan fingerprint density at radius 3 is 2.58 bits per heavy atom. The Morgan fingerprint density at radius 1 is 1.19 bits per heavy atom. The number of aromatic nitrogens is 2. The van der Waals surface area contributed by atoms with E-state index in [-0.39, 0.29) is 5.41 Å². The van der Waals surface area contributed by atoms with Crippen molar-refractivity contribution in [2.75, 3.05) is 14.2 Å². The van der Waals surface area contributed by atoms with Crippen LogP contribution in [0.1, 0.15) is 36.8 Å². The Bertz CT molecular complexity index is 935. The number of thiazole rings is 1. The SMILES string of the molecule is COc1cc(C(C)(C)C)cc(-c2csc(-n3cccc3C=O)n2)c1OC. The van der Waals surface area contributed by atoms with E-state index in [1.807, 2.05) is 23.7 Å². The molecule has 2 heterocycles. The van der Waals surface area contributed by atoms with Gasteiger partial charge in [0.1, 0.15) is 0 Å². The first-order valence-corrected chi connectivity index (χ1v) is 9.12. The zero-order valence-corrected chi connectivity index (χ0v) is 16.4. The molecule has 6 heteroatoms. The van der Waals surface area contributed by atoms with Crippen LogP contribution in [-0.2, 0) is 5.41 Å². The first-order chi connectivity index (χ1) is 12.4. The van der Waals surface area contributed by atoms with Gasteiger partial charge in [0, 0.05) is 17.1 Å². The number of rotatable bonds is 5. The van der Waals surface area contributed by atoms with Gasteiger partial charge in [-0.15, -0.1) is 11.3 Å². The standard InChI is InChI=1S/C20H22N2O3S/c1-20(2,3)13-9-15(18(25-5)17(10-13)24-4)16-12-26-19(21-16)22-8-6-7-14(22)11-23/h6-12H,1-5H3. The van der Waals surface area contributed by atoms with Gasteiger partial charge < -0.3 is 9.47 Å². The van der Waals surface area contributed by atoms with E-state index < -0.39 is 0 Å². The van der Waals surface area contributed by atoms with E-state index in [4.69, 9.17) is 14.5 Å². The highest BCUT2D eigenvalue weighted by Crippen LogP contribution is 2.42. The number of benzene rings is 1. The molecule has 0 fully saturated rings. The third kappa shape index (κ3) is 3.24. The Morgan fingerprint density at radius 2 is 1.96 bits per heavy atom. The van der Waals surface area contributed by atoms with Gasteiger partial charge in [-0.05, 0) is 35.2 Å². The largest absolute Gasteiger partial charge is 0.493 e. The van der Waals surface area contributed by atoms with E-state index in [9.17, 15) is 4.79 Å². The first kappa shape index (κ1) is 18.2. The van der Waals surface area contributed by atoms with E-state index in [1.165, 1.54) is 11.3 Å². The molecule has 5 nitrogen and oxygen atoms in total. The van der Waals surface area contributed by atoms with E-state index in [0.717, 1.165) is 28.2 Å². The topological polar surface area (TPSA) is 53.4 Å². The predicted octanol–water partition coefficient (Wildman–Crippen LogP) is 4.73. The van der Waals surface area contributed by atoms with Gasteiger partial charge in [0.2, 0.25) is 0 Å². The lowest BCUT2D eigenvalue weighted by Crippen LogP contribution is -2.12. The molecule has 0 atom stereocenters. The second-order valence-corrected chi connectivity index (χ2v) is 7.78. The Labute approximate surface area is 157 Å². The zero-order chi connectivity index (χ0) is 18.9. The fourth-order valence-corrected chi connectivity index (χ4v) is 3.58. The van der Waals surface area contributed by atoms with Gasteiger partial charge in [-0.3, -0.25) is 9.36 Å². The maximum Gasteiger partial charge on any atom is 0.194 e. The number of nitrogens with zero attached hydrogens (tertiary/aromatic N) is 2. The van der Waals surface area contributed by atoms with Crippen LogP contribution in [0.15, 0.2) is 35.8 Å². The maximum atomic E-state index is 11.2. The van der Waals surface area contributed by atoms with Crippen LogP contribution in [-0.4, -0.2) is 30.1 Å². The molecule has 1 aromatic carbocycles. The number of hydrogen-bond donors (Lipinski definition) is 0. The van der Waals surface area contributed by atoms with Crippen molar-refractivity contribution in [2.45, 2.75) is 26.2 Å². The summed E-state index contributed by atoms with van der Waals surface area (Å²) in [5, 5.41) is 2.70. The highest BCUT2D eigenvalue weighted by atomic mass is 32.1. The number of aldehydes is 1. The lowest BCUT2D eigenvalue weighted by molar-refractivity contribution is 0.111. The molecule has 0 bridgehead atoms. The van der Waals surface area contributed by atoms with Gasteiger partial charge in [0.15, 0.2) is 22.9 Å². The van der Waals surface area contributed by atoms with E-state index >= 15 is 0 Å². The summed E-state index contributed by atoms with van der Waals surface area (Å²) in [6.45, 7) is 6.46. The monoisotopic (exact) mass is 370 g/mol. The summed E-state index contributed by atoms with van der Waals surface area (Å²) >= 11 is 1.47. The van der Waals surface area contributed by atoms with Crippen molar-refractivity contribution in [1.29, 1.82) is 0 Å². The molecule has 0 unspecified atom stereocenters. The fourth-order valence-electron chi connectivity index (χ4n) is 2.75. The van der Waals surface area contributed by atoms with Crippen LogP contribution in [0.4, 0.5) is 0 Å². The molecule has 0 aliphatic rings. The van der Waals surface area contributed by atoms with E-state index in [2.05, 4.69) is 26.8 Å². The van der Waals surface area contributed by atoms with E-state index in [0.29, 0.717) is 17.2 Å². The average Bonchev–Trinajstić information content (AvgIpc) is 3.27. The molecule has 0 N–H and O–H groups in total. The molecule has 0 saturated carbocycles. The summed E-state index contributed by atoms with van der Waals surface area (Å²) in [6, 6.07) is 7.69. The van der Waals surface area contributed by atoms with Crippen LogP contribution in [0.25, 0.3) is 16.4 Å². The molecule has 0 saturated heterocycles. The zero-order valence-electron chi connectivity index (χ0n) is 15.6. The number of ether oxygens (including phenoxy) is 2. The number of carbonyl (C=O) groups is 1. The van der Waals surface area contributed by atoms with Crippen molar-refractivity contribution in [3.63, 3.8) is 0 Å². The first-order valence-electron chi connectivity index (χ1n) is 8.24. The van der Waals surface area contributed by atoms with Crippen LogP contribution < -0.4 is 9.47 Å².